The summed E-state index contributed by atoms with van der Waals surface area (Å²) in [6, 6.07) is 16.3. The maximum absolute atomic E-state index is 13.0. The van der Waals surface area contributed by atoms with E-state index in [1.54, 1.807) is 6.20 Å². The van der Waals surface area contributed by atoms with E-state index < -0.39 is 0 Å². The van der Waals surface area contributed by atoms with Crippen molar-refractivity contribution in [3.63, 3.8) is 0 Å². The third kappa shape index (κ3) is 2.95. The average Bonchev–Trinajstić information content (AvgIpc) is 3.12. The standard InChI is InChI=1S/C21H21N3O/c1-15-6-2-3-8-17(15)20-10-5-13-24(20)21(25)23-19-9-4-7-16-14-22-12-11-18(16)19/h2-4,6-9,11-12,14,20H,5,10,13H2,1H3,(H,23,25)/t20-/m1/s1. The van der Waals surface area contributed by atoms with E-state index in [1.807, 2.05) is 41.4 Å². The zero-order valence-corrected chi connectivity index (χ0v) is 14.3. The van der Waals surface area contributed by atoms with Gasteiger partial charge in [-0.3, -0.25) is 4.98 Å². The molecule has 1 atom stereocenters. The largest absolute Gasteiger partial charge is 0.322 e. The second-order valence-corrected chi connectivity index (χ2v) is 6.54. The van der Waals surface area contributed by atoms with Gasteiger partial charge in [0.05, 0.1) is 11.7 Å². The summed E-state index contributed by atoms with van der Waals surface area (Å²) < 4.78 is 0. The zero-order valence-electron chi connectivity index (χ0n) is 14.3. The summed E-state index contributed by atoms with van der Waals surface area (Å²) in [5, 5.41) is 5.14. The number of nitrogens with one attached hydrogen (secondary N) is 1. The number of urea groups is 1. The van der Waals surface area contributed by atoms with Crippen LogP contribution >= 0.6 is 0 Å². The second kappa shape index (κ2) is 6.55. The maximum Gasteiger partial charge on any atom is 0.322 e. The van der Waals surface area contributed by atoms with Crippen molar-refractivity contribution >= 4 is 22.5 Å². The molecule has 0 spiro atoms. The lowest BCUT2D eigenvalue weighted by Crippen LogP contribution is -2.34. The summed E-state index contributed by atoms with van der Waals surface area (Å²) in [4.78, 5) is 19.1. The van der Waals surface area contributed by atoms with Crippen molar-refractivity contribution in [3.8, 4) is 0 Å². The van der Waals surface area contributed by atoms with Crippen molar-refractivity contribution in [2.75, 3.05) is 11.9 Å². The van der Waals surface area contributed by atoms with Crippen LogP contribution < -0.4 is 5.32 Å². The Kier molecular flexibility index (Phi) is 4.10. The molecule has 0 bridgehead atoms. The van der Waals surface area contributed by atoms with Gasteiger partial charge in [0.1, 0.15) is 0 Å². The molecule has 1 N–H and O–H groups in total. The summed E-state index contributed by atoms with van der Waals surface area (Å²) >= 11 is 0. The van der Waals surface area contributed by atoms with Gasteiger partial charge in [0.2, 0.25) is 0 Å². The Morgan fingerprint density at radius 2 is 2.04 bits per heavy atom. The van der Waals surface area contributed by atoms with Gasteiger partial charge in [0, 0.05) is 29.7 Å². The van der Waals surface area contributed by atoms with Gasteiger partial charge in [-0.2, -0.15) is 0 Å². The van der Waals surface area contributed by atoms with Crippen molar-refractivity contribution in [3.05, 3.63) is 72.1 Å². The van der Waals surface area contributed by atoms with E-state index in [0.29, 0.717) is 0 Å². The lowest BCUT2D eigenvalue weighted by molar-refractivity contribution is 0.207. The molecule has 4 nitrogen and oxygen atoms in total. The van der Waals surface area contributed by atoms with Crippen molar-refractivity contribution in [1.29, 1.82) is 0 Å². The van der Waals surface area contributed by atoms with Crippen LogP contribution in [0.5, 0.6) is 0 Å². The van der Waals surface area contributed by atoms with Crippen LogP contribution in [0.3, 0.4) is 0 Å². The van der Waals surface area contributed by atoms with Crippen molar-refractivity contribution < 1.29 is 4.79 Å². The maximum atomic E-state index is 13.0. The summed E-state index contributed by atoms with van der Waals surface area (Å²) in [5.74, 6) is 0. The van der Waals surface area contributed by atoms with Gasteiger partial charge >= 0.3 is 6.03 Å². The van der Waals surface area contributed by atoms with Gasteiger partial charge in [0.25, 0.3) is 0 Å². The molecule has 1 aliphatic heterocycles. The monoisotopic (exact) mass is 331 g/mol. The molecule has 4 rings (SSSR count). The molecular formula is C21H21N3O. The van der Waals surface area contributed by atoms with Gasteiger partial charge < -0.3 is 10.2 Å². The molecule has 2 aromatic carbocycles. The van der Waals surface area contributed by atoms with Crippen LogP contribution in [0.1, 0.15) is 30.0 Å². The molecular weight excluding hydrogens is 310 g/mol. The molecule has 0 aliphatic carbocycles. The number of carbonyl (C=O) groups is 1. The molecule has 0 saturated carbocycles. The fourth-order valence-electron chi connectivity index (χ4n) is 3.71. The van der Waals surface area contributed by atoms with Crippen LogP contribution in [0, 0.1) is 6.92 Å². The van der Waals surface area contributed by atoms with E-state index in [4.69, 9.17) is 0 Å². The summed E-state index contributed by atoms with van der Waals surface area (Å²) in [5.41, 5.74) is 3.32. The van der Waals surface area contributed by atoms with Gasteiger partial charge in [-0.05, 0) is 43.0 Å². The lowest BCUT2D eigenvalue weighted by Gasteiger charge is -2.26. The molecule has 3 aromatic rings. The molecule has 0 radical (unpaired) electrons. The molecule has 25 heavy (non-hydrogen) atoms. The van der Waals surface area contributed by atoms with Crippen molar-refractivity contribution in [2.24, 2.45) is 0 Å². The third-order valence-corrected chi connectivity index (χ3v) is 4.98. The van der Waals surface area contributed by atoms with Gasteiger partial charge in [-0.25, -0.2) is 4.79 Å². The number of amides is 2. The van der Waals surface area contributed by atoms with Crippen molar-refractivity contribution in [2.45, 2.75) is 25.8 Å². The number of aryl methyl sites for hydroxylation is 1. The first kappa shape index (κ1) is 15.6. The van der Waals surface area contributed by atoms with E-state index in [-0.39, 0.29) is 12.1 Å². The Morgan fingerprint density at radius 3 is 2.92 bits per heavy atom. The zero-order chi connectivity index (χ0) is 17.2. The SMILES string of the molecule is Cc1ccccc1[C@H]1CCCN1C(=O)Nc1cccc2cnccc12. The molecule has 1 saturated heterocycles. The number of hydrogen-bond acceptors (Lipinski definition) is 2. The predicted molar refractivity (Wildman–Crippen MR) is 101 cm³/mol. The summed E-state index contributed by atoms with van der Waals surface area (Å²) in [6.07, 6.45) is 5.62. The number of carbonyl (C=O) groups excluding carboxylic acids is 1. The van der Waals surface area contributed by atoms with Crippen LogP contribution in [-0.2, 0) is 0 Å². The van der Waals surface area contributed by atoms with E-state index in [9.17, 15) is 4.79 Å². The highest BCUT2D eigenvalue weighted by molar-refractivity contribution is 6.01. The van der Waals surface area contributed by atoms with Gasteiger partial charge in [0.15, 0.2) is 0 Å². The molecule has 2 heterocycles. The normalized spacial score (nSPS) is 17.0. The Labute approximate surface area is 147 Å². The minimum Gasteiger partial charge on any atom is -0.317 e. The number of nitrogens with zero attached hydrogens (tertiary/aromatic N) is 2. The number of pyridine rings is 1. The fraction of sp³-hybridized carbons (Fsp3) is 0.238. The number of anilines is 1. The van der Waals surface area contributed by atoms with Gasteiger partial charge in [-0.1, -0.05) is 36.4 Å². The van der Waals surface area contributed by atoms with Crippen molar-refractivity contribution in [1.82, 2.24) is 9.88 Å². The first-order valence-electron chi connectivity index (χ1n) is 8.70. The lowest BCUT2D eigenvalue weighted by atomic mass is 9.99. The van der Waals surface area contributed by atoms with Crippen LogP contribution in [0.2, 0.25) is 0 Å². The predicted octanol–water partition coefficient (Wildman–Crippen LogP) is 4.91. The first-order chi connectivity index (χ1) is 12.2. The highest BCUT2D eigenvalue weighted by atomic mass is 16.2. The topological polar surface area (TPSA) is 45.2 Å². The molecule has 2 amide bonds. The highest BCUT2D eigenvalue weighted by Gasteiger charge is 2.30. The van der Waals surface area contributed by atoms with Crippen LogP contribution in [0.4, 0.5) is 10.5 Å². The molecule has 1 fully saturated rings. The van der Waals surface area contributed by atoms with Gasteiger partial charge in [-0.15, -0.1) is 0 Å². The van der Waals surface area contributed by atoms with Crippen LogP contribution in [-0.4, -0.2) is 22.5 Å². The third-order valence-electron chi connectivity index (χ3n) is 4.98. The number of aromatic nitrogens is 1. The Bertz CT molecular complexity index is 916. The molecule has 4 heteroatoms. The van der Waals surface area contributed by atoms with E-state index in [2.05, 4.69) is 35.4 Å². The second-order valence-electron chi connectivity index (χ2n) is 6.54. The van der Waals surface area contributed by atoms with Crippen LogP contribution in [0.15, 0.2) is 60.9 Å². The Hall–Kier alpha value is -2.88. The Morgan fingerprint density at radius 1 is 1.16 bits per heavy atom. The molecule has 0 unspecified atom stereocenters. The van der Waals surface area contributed by atoms with E-state index in [1.165, 1.54) is 11.1 Å². The minimum atomic E-state index is -0.0323. The summed E-state index contributed by atoms with van der Waals surface area (Å²) in [7, 11) is 0. The number of benzene rings is 2. The number of rotatable bonds is 2. The number of hydrogen-bond donors (Lipinski definition) is 1. The molecule has 1 aromatic heterocycles. The average molecular weight is 331 g/mol. The number of fused-ring (bicyclic) bond motifs is 1. The smallest absolute Gasteiger partial charge is 0.317 e. The quantitative estimate of drug-likeness (QED) is 0.725. The molecule has 126 valence electrons. The number of likely N-dealkylation sites (tertiary alicyclic amines) is 1. The summed E-state index contributed by atoms with van der Waals surface area (Å²) in [6.45, 7) is 2.90. The fourth-order valence-corrected chi connectivity index (χ4v) is 3.71. The minimum absolute atomic E-state index is 0.0323. The molecule has 1 aliphatic rings. The first-order valence-corrected chi connectivity index (χ1v) is 8.70. The highest BCUT2D eigenvalue weighted by Crippen LogP contribution is 2.34. The van der Waals surface area contributed by atoms with E-state index >= 15 is 0 Å². The van der Waals surface area contributed by atoms with E-state index in [0.717, 1.165) is 35.8 Å². The van der Waals surface area contributed by atoms with Crippen LogP contribution in [0.25, 0.3) is 10.8 Å². The Balaban J connectivity index is 1.61.